The minimum Gasteiger partial charge on any atom is -0.468 e. The number of carbonyl (C=O) groups is 1. The second kappa shape index (κ2) is 5.72. The molecular weight excluding hydrogens is 236 g/mol. The van der Waals surface area contributed by atoms with Gasteiger partial charge in [0.2, 0.25) is 0 Å². The Morgan fingerprint density at radius 2 is 2.29 bits per heavy atom. The van der Waals surface area contributed by atoms with Crippen molar-refractivity contribution in [2.45, 2.75) is 6.04 Å². The number of rotatable bonds is 3. The third kappa shape index (κ3) is 3.23. The van der Waals surface area contributed by atoms with Crippen LogP contribution < -0.4 is 5.32 Å². The van der Waals surface area contributed by atoms with Gasteiger partial charge in [-0.15, -0.1) is 0 Å². The zero-order valence-corrected chi connectivity index (χ0v) is 10.4. The predicted octanol–water partition coefficient (Wildman–Crippen LogP) is 1.59. The molecule has 1 heterocycles. The minimum atomic E-state index is -0.317. The molecule has 0 bridgehead atoms. The topological polar surface area (TPSA) is 50.7 Å². The summed E-state index contributed by atoms with van der Waals surface area (Å²) in [7, 11) is 1.37. The first-order chi connectivity index (χ1) is 8.29. The number of benzene rings is 1. The number of esters is 1. The minimum absolute atomic E-state index is 0.0767. The Kier molecular flexibility index (Phi) is 4.03. The lowest BCUT2D eigenvalue weighted by Gasteiger charge is -2.09. The maximum absolute atomic E-state index is 11.0. The molecule has 0 aliphatic carbocycles. The average Bonchev–Trinajstić information content (AvgIpc) is 2.86. The molecule has 0 aromatic heterocycles. The van der Waals surface area contributed by atoms with E-state index in [0.717, 1.165) is 10.9 Å². The normalized spacial score (nSPS) is 21.2. The van der Waals surface area contributed by atoms with E-state index in [1.807, 2.05) is 18.2 Å². The summed E-state index contributed by atoms with van der Waals surface area (Å²) in [5.74, 6) is 0.618. The van der Waals surface area contributed by atoms with Gasteiger partial charge in [-0.05, 0) is 5.56 Å². The van der Waals surface area contributed by atoms with Crippen molar-refractivity contribution in [3.63, 3.8) is 0 Å². The summed E-state index contributed by atoms with van der Waals surface area (Å²) in [6.45, 7) is 0.0767. The SMILES string of the molecule is COC(=O)CN=C1NC(c2ccccc2)CS1. The van der Waals surface area contributed by atoms with E-state index in [-0.39, 0.29) is 18.6 Å². The Morgan fingerprint density at radius 3 is 3.00 bits per heavy atom. The highest BCUT2D eigenvalue weighted by Gasteiger charge is 2.21. The van der Waals surface area contributed by atoms with Crippen molar-refractivity contribution in [2.75, 3.05) is 19.4 Å². The molecular formula is C12H14N2O2S. The van der Waals surface area contributed by atoms with E-state index in [9.17, 15) is 4.79 Å². The quantitative estimate of drug-likeness (QED) is 0.828. The van der Waals surface area contributed by atoms with E-state index in [4.69, 9.17) is 0 Å². The van der Waals surface area contributed by atoms with E-state index in [1.54, 1.807) is 11.8 Å². The summed E-state index contributed by atoms with van der Waals surface area (Å²) < 4.78 is 4.54. The van der Waals surface area contributed by atoms with E-state index in [2.05, 4.69) is 27.2 Å². The Bertz CT molecular complexity index is 420. The highest BCUT2D eigenvalue weighted by Crippen LogP contribution is 2.25. The molecule has 4 nitrogen and oxygen atoms in total. The molecule has 1 atom stereocenters. The Labute approximate surface area is 104 Å². The van der Waals surface area contributed by atoms with Gasteiger partial charge in [0.25, 0.3) is 0 Å². The number of nitrogens with zero attached hydrogens (tertiary/aromatic N) is 1. The molecule has 1 aromatic rings. The lowest BCUT2D eigenvalue weighted by molar-refractivity contribution is -0.138. The van der Waals surface area contributed by atoms with Crippen LogP contribution in [-0.2, 0) is 9.53 Å². The highest BCUT2D eigenvalue weighted by molar-refractivity contribution is 8.14. The largest absolute Gasteiger partial charge is 0.468 e. The molecule has 2 rings (SSSR count). The molecule has 1 unspecified atom stereocenters. The van der Waals surface area contributed by atoms with Gasteiger partial charge < -0.3 is 10.1 Å². The first-order valence-corrected chi connectivity index (χ1v) is 6.33. The van der Waals surface area contributed by atoms with Gasteiger partial charge in [0.15, 0.2) is 5.17 Å². The summed E-state index contributed by atoms with van der Waals surface area (Å²) in [4.78, 5) is 15.1. The van der Waals surface area contributed by atoms with Crippen molar-refractivity contribution in [3.05, 3.63) is 35.9 Å². The van der Waals surface area contributed by atoms with Gasteiger partial charge in [0.05, 0.1) is 13.2 Å². The van der Waals surface area contributed by atoms with Crippen LogP contribution in [0.25, 0.3) is 0 Å². The standard InChI is InChI=1S/C12H14N2O2S/c1-16-11(15)7-13-12-14-10(8-17-12)9-5-3-2-4-6-9/h2-6,10H,7-8H2,1H3,(H,13,14). The van der Waals surface area contributed by atoms with Crippen molar-refractivity contribution in [1.29, 1.82) is 0 Å². The second-order valence-electron chi connectivity index (χ2n) is 3.62. The molecule has 17 heavy (non-hydrogen) atoms. The van der Waals surface area contributed by atoms with Gasteiger partial charge in [-0.2, -0.15) is 0 Å². The maximum Gasteiger partial charge on any atom is 0.327 e. The number of hydrogen-bond donors (Lipinski definition) is 1. The Morgan fingerprint density at radius 1 is 1.53 bits per heavy atom. The van der Waals surface area contributed by atoms with Crippen LogP contribution in [0, 0.1) is 0 Å². The maximum atomic E-state index is 11.0. The monoisotopic (exact) mass is 250 g/mol. The van der Waals surface area contributed by atoms with E-state index in [1.165, 1.54) is 12.7 Å². The van der Waals surface area contributed by atoms with Gasteiger partial charge in [0.1, 0.15) is 6.54 Å². The zero-order chi connectivity index (χ0) is 12.1. The smallest absolute Gasteiger partial charge is 0.327 e. The Hall–Kier alpha value is -1.49. The fourth-order valence-electron chi connectivity index (χ4n) is 1.55. The average molecular weight is 250 g/mol. The number of thioether (sulfide) groups is 1. The van der Waals surface area contributed by atoms with Gasteiger partial charge in [0, 0.05) is 5.75 Å². The molecule has 0 spiro atoms. The predicted molar refractivity (Wildman–Crippen MR) is 69.1 cm³/mol. The van der Waals surface area contributed by atoms with Crippen LogP contribution in [0.15, 0.2) is 35.3 Å². The van der Waals surface area contributed by atoms with Crippen LogP contribution in [0.5, 0.6) is 0 Å². The molecule has 1 fully saturated rings. The van der Waals surface area contributed by atoms with E-state index in [0.29, 0.717) is 0 Å². The van der Waals surface area contributed by atoms with Crippen molar-refractivity contribution in [2.24, 2.45) is 4.99 Å². The number of carbonyl (C=O) groups excluding carboxylic acids is 1. The van der Waals surface area contributed by atoms with Crippen LogP contribution in [0.4, 0.5) is 0 Å². The lowest BCUT2D eigenvalue weighted by atomic mass is 10.1. The number of ether oxygens (including phenoxy) is 1. The van der Waals surface area contributed by atoms with Crippen LogP contribution in [0.2, 0.25) is 0 Å². The Balaban J connectivity index is 1.94. The van der Waals surface area contributed by atoms with Gasteiger partial charge in [-0.25, -0.2) is 0 Å². The number of nitrogens with one attached hydrogen (secondary N) is 1. The molecule has 0 saturated carbocycles. The summed E-state index contributed by atoms with van der Waals surface area (Å²) in [5.41, 5.74) is 1.24. The molecule has 1 aromatic carbocycles. The molecule has 1 aliphatic rings. The molecule has 1 aliphatic heterocycles. The fourth-order valence-corrected chi connectivity index (χ4v) is 2.53. The van der Waals surface area contributed by atoms with E-state index >= 15 is 0 Å². The first kappa shape index (κ1) is 12.0. The molecule has 90 valence electrons. The first-order valence-electron chi connectivity index (χ1n) is 5.35. The number of methoxy groups -OCH3 is 1. The number of aliphatic imine (C=N–C) groups is 1. The van der Waals surface area contributed by atoms with Gasteiger partial charge in [-0.1, -0.05) is 42.1 Å². The zero-order valence-electron chi connectivity index (χ0n) is 9.55. The van der Waals surface area contributed by atoms with Gasteiger partial charge >= 0.3 is 5.97 Å². The van der Waals surface area contributed by atoms with Crippen LogP contribution >= 0.6 is 11.8 Å². The van der Waals surface area contributed by atoms with Crippen LogP contribution in [-0.4, -0.2) is 30.5 Å². The van der Waals surface area contributed by atoms with Gasteiger partial charge in [-0.3, -0.25) is 9.79 Å². The van der Waals surface area contributed by atoms with E-state index < -0.39 is 0 Å². The van der Waals surface area contributed by atoms with Crippen LogP contribution in [0.1, 0.15) is 11.6 Å². The lowest BCUT2D eigenvalue weighted by Crippen LogP contribution is -2.20. The van der Waals surface area contributed by atoms with Crippen molar-refractivity contribution < 1.29 is 9.53 Å². The summed E-state index contributed by atoms with van der Waals surface area (Å²) >= 11 is 1.63. The third-order valence-electron chi connectivity index (χ3n) is 2.47. The molecule has 1 N–H and O–H groups in total. The summed E-state index contributed by atoms with van der Waals surface area (Å²) in [5, 5.41) is 4.10. The molecule has 0 amide bonds. The van der Waals surface area contributed by atoms with Crippen molar-refractivity contribution in [3.8, 4) is 0 Å². The number of amidine groups is 1. The molecule has 1 saturated heterocycles. The van der Waals surface area contributed by atoms with Crippen LogP contribution in [0.3, 0.4) is 0 Å². The number of hydrogen-bond acceptors (Lipinski definition) is 4. The highest BCUT2D eigenvalue weighted by atomic mass is 32.2. The van der Waals surface area contributed by atoms with Crippen molar-refractivity contribution in [1.82, 2.24) is 5.32 Å². The second-order valence-corrected chi connectivity index (χ2v) is 4.62. The summed E-state index contributed by atoms with van der Waals surface area (Å²) in [6, 6.07) is 10.5. The third-order valence-corrected chi connectivity index (χ3v) is 3.49. The van der Waals surface area contributed by atoms with Crippen molar-refractivity contribution >= 4 is 22.9 Å². The molecule has 5 heteroatoms. The fraction of sp³-hybridized carbons (Fsp3) is 0.333. The summed E-state index contributed by atoms with van der Waals surface area (Å²) in [6.07, 6.45) is 0. The molecule has 0 radical (unpaired) electrons.